The number of ether oxygens (including phenoxy) is 1. The average Bonchev–Trinajstić information content (AvgIpc) is 2.81. The number of nitrogens with one attached hydrogen (secondary N) is 2. The molecule has 2 N–H and O–H groups in total. The molecular weight excluding hydrogens is 485 g/mol. The quantitative estimate of drug-likeness (QED) is 0.282. The molecule has 8 heteroatoms. The summed E-state index contributed by atoms with van der Waals surface area (Å²) in [4.78, 5) is 24.9. The number of nitriles is 1. The predicted molar refractivity (Wildman–Crippen MR) is 140 cm³/mol. The molecule has 178 valence electrons. The molecule has 0 bridgehead atoms. The molecule has 0 aliphatic carbocycles. The number of rotatable bonds is 7. The van der Waals surface area contributed by atoms with Gasteiger partial charge < -0.3 is 15.4 Å². The van der Waals surface area contributed by atoms with Crippen LogP contribution in [0.1, 0.15) is 22.3 Å². The molecule has 0 unspecified atom stereocenters. The Morgan fingerprint density at radius 3 is 2.23 bits per heavy atom. The second-order valence-electron chi connectivity index (χ2n) is 7.84. The Morgan fingerprint density at radius 2 is 1.57 bits per heavy atom. The number of para-hydroxylation sites is 1. The van der Waals surface area contributed by atoms with Crippen LogP contribution in [0.5, 0.6) is 5.75 Å². The fraction of sp³-hybridized carbons (Fsp3) is 0.148. The van der Waals surface area contributed by atoms with Gasteiger partial charge in [-0.2, -0.15) is 5.26 Å². The lowest BCUT2D eigenvalue weighted by Gasteiger charge is -2.13. The van der Waals surface area contributed by atoms with E-state index in [4.69, 9.17) is 27.9 Å². The van der Waals surface area contributed by atoms with Gasteiger partial charge in [-0.3, -0.25) is 9.59 Å². The molecule has 0 saturated heterocycles. The van der Waals surface area contributed by atoms with Crippen molar-refractivity contribution >= 4 is 52.5 Å². The molecule has 6 nitrogen and oxygen atoms in total. The summed E-state index contributed by atoms with van der Waals surface area (Å²) in [6, 6.07) is 17.8. The topological polar surface area (TPSA) is 91.2 Å². The number of carbonyl (C=O) groups excluding carboxylic acids is 2. The number of hydrogen-bond acceptors (Lipinski definition) is 4. The summed E-state index contributed by atoms with van der Waals surface area (Å²) in [5.41, 5.74) is 4.51. The molecule has 0 radical (unpaired) electrons. The molecule has 0 aliphatic heterocycles. The highest BCUT2D eigenvalue weighted by atomic mass is 35.5. The van der Waals surface area contributed by atoms with Crippen LogP contribution in [-0.2, 0) is 9.59 Å². The largest absolute Gasteiger partial charge is 0.481 e. The van der Waals surface area contributed by atoms with Crippen LogP contribution in [0.25, 0.3) is 6.08 Å². The van der Waals surface area contributed by atoms with Gasteiger partial charge in [-0.25, -0.2) is 0 Å². The monoisotopic (exact) mass is 507 g/mol. The molecule has 0 saturated carbocycles. The van der Waals surface area contributed by atoms with Crippen molar-refractivity contribution in [1.29, 1.82) is 5.26 Å². The Hall–Kier alpha value is -3.79. The zero-order chi connectivity index (χ0) is 25.5. The first-order valence-corrected chi connectivity index (χ1v) is 11.4. The van der Waals surface area contributed by atoms with Gasteiger partial charge in [-0.1, -0.05) is 53.5 Å². The van der Waals surface area contributed by atoms with E-state index < -0.39 is 5.91 Å². The molecule has 2 amide bonds. The average molecular weight is 508 g/mol. The maximum atomic E-state index is 12.6. The van der Waals surface area contributed by atoms with Crippen LogP contribution in [-0.4, -0.2) is 18.4 Å². The second-order valence-corrected chi connectivity index (χ2v) is 8.65. The summed E-state index contributed by atoms with van der Waals surface area (Å²) >= 11 is 12.7. The van der Waals surface area contributed by atoms with Gasteiger partial charge in [-0.05, 0) is 73.4 Å². The number of halogens is 2. The third-order valence-corrected chi connectivity index (χ3v) is 5.88. The SMILES string of the molecule is Cc1ccccc1NC(=O)/C(C#N)=C\c1cc(Cl)c(OCC(=O)Nc2cccc(C)c2C)c(Cl)c1. The zero-order valence-electron chi connectivity index (χ0n) is 19.4. The molecule has 0 spiro atoms. The first-order chi connectivity index (χ1) is 16.7. The van der Waals surface area contributed by atoms with Crippen molar-refractivity contribution in [3.05, 3.63) is 92.5 Å². The number of nitrogens with zero attached hydrogens (tertiary/aromatic N) is 1. The van der Waals surface area contributed by atoms with Crippen molar-refractivity contribution in [1.82, 2.24) is 0 Å². The number of hydrogen-bond donors (Lipinski definition) is 2. The van der Waals surface area contributed by atoms with Crippen molar-refractivity contribution in [2.45, 2.75) is 20.8 Å². The van der Waals surface area contributed by atoms with Crippen molar-refractivity contribution < 1.29 is 14.3 Å². The lowest BCUT2D eigenvalue weighted by atomic mass is 10.1. The van der Waals surface area contributed by atoms with E-state index in [0.717, 1.165) is 16.7 Å². The minimum atomic E-state index is -0.558. The van der Waals surface area contributed by atoms with Crippen LogP contribution in [0, 0.1) is 32.1 Å². The number of carbonyl (C=O) groups is 2. The third kappa shape index (κ3) is 6.63. The fourth-order valence-corrected chi connectivity index (χ4v) is 3.84. The Kier molecular flexibility index (Phi) is 8.53. The third-order valence-electron chi connectivity index (χ3n) is 5.32. The maximum absolute atomic E-state index is 12.6. The van der Waals surface area contributed by atoms with E-state index >= 15 is 0 Å². The Morgan fingerprint density at radius 1 is 0.943 bits per heavy atom. The van der Waals surface area contributed by atoms with Crippen LogP contribution in [0.3, 0.4) is 0 Å². The number of amides is 2. The van der Waals surface area contributed by atoms with Gasteiger partial charge in [0.15, 0.2) is 12.4 Å². The molecular formula is C27H23Cl2N3O3. The summed E-state index contributed by atoms with van der Waals surface area (Å²) in [6.07, 6.45) is 1.38. The fourth-order valence-electron chi connectivity index (χ4n) is 3.23. The molecule has 3 aromatic rings. The Balaban J connectivity index is 1.71. The molecule has 0 aliphatic rings. The lowest BCUT2D eigenvalue weighted by Crippen LogP contribution is -2.21. The molecule has 0 aromatic heterocycles. The summed E-state index contributed by atoms with van der Waals surface area (Å²) < 4.78 is 5.56. The summed E-state index contributed by atoms with van der Waals surface area (Å²) in [5.74, 6) is -0.795. The van der Waals surface area contributed by atoms with E-state index in [1.165, 1.54) is 18.2 Å². The van der Waals surface area contributed by atoms with Crippen molar-refractivity contribution in [2.24, 2.45) is 0 Å². The lowest BCUT2D eigenvalue weighted by molar-refractivity contribution is -0.118. The van der Waals surface area contributed by atoms with Crippen molar-refractivity contribution in [3.63, 3.8) is 0 Å². The van der Waals surface area contributed by atoms with E-state index in [1.807, 2.05) is 57.2 Å². The van der Waals surface area contributed by atoms with E-state index in [9.17, 15) is 14.9 Å². The first-order valence-electron chi connectivity index (χ1n) is 10.7. The summed E-state index contributed by atoms with van der Waals surface area (Å²) in [5, 5.41) is 15.3. The number of anilines is 2. The highest BCUT2D eigenvalue weighted by Crippen LogP contribution is 2.35. The minimum Gasteiger partial charge on any atom is -0.481 e. The van der Waals surface area contributed by atoms with E-state index in [0.29, 0.717) is 16.9 Å². The molecule has 0 fully saturated rings. The van der Waals surface area contributed by atoms with Gasteiger partial charge in [0.25, 0.3) is 11.8 Å². The van der Waals surface area contributed by atoms with Crippen LogP contribution >= 0.6 is 23.2 Å². The van der Waals surface area contributed by atoms with Gasteiger partial charge in [-0.15, -0.1) is 0 Å². The van der Waals surface area contributed by atoms with Gasteiger partial charge >= 0.3 is 0 Å². The van der Waals surface area contributed by atoms with Gasteiger partial charge in [0.1, 0.15) is 11.6 Å². The van der Waals surface area contributed by atoms with Crippen molar-refractivity contribution in [2.75, 3.05) is 17.2 Å². The van der Waals surface area contributed by atoms with E-state index in [-0.39, 0.29) is 33.9 Å². The predicted octanol–water partition coefficient (Wildman–Crippen LogP) is 6.48. The van der Waals surface area contributed by atoms with Crippen LogP contribution in [0.15, 0.2) is 60.2 Å². The highest BCUT2D eigenvalue weighted by molar-refractivity contribution is 6.37. The molecule has 0 heterocycles. The minimum absolute atomic E-state index is 0.123. The number of aryl methyl sites for hydroxylation is 2. The zero-order valence-corrected chi connectivity index (χ0v) is 20.9. The van der Waals surface area contributed by atoms with Crippen LogP contribution in [0.2, 0.25) is 10.0 Å². The summed E-state index contributed by atoms with van der Waals surface area (Å²) in [7, 11) is 0. The summed E-state index contributed by atoms with van der Waals surface area (Å²) in [6.45, 7) is 5.43. The van der Waals surface area contributed by atoms with Crippen molar-refractivity contribution in [3.8, 4) is 11.8 Å². The van der Waals surface area contributed by atoms with Gasteiger partial charge in [0.05, 0.1) is 10.0 Å². The Bertz CT molecular complexity index is 1340. The molecule has 35 heavy (non-hydrogen) atoms. The van der Waals surface area contributed by atoms with Crippen LogP contribution < -0.4 is 15.4 Å². The molecule has 0 atom stereocenters. The number of benzene rings is 3. The Labute approximate surface area is 214 Å². The van der Waals surface area contributed by atoms with Gasteiger partial charge in [0.2, 0.25) is 0 Å². The first kappa shape index (κ1) is 25.8. The molecule has 3 rings (SSSR count). The standard InChI is InChI=1S/C27H23Cl2N3O3/c1-16-8-6-10-24(18(16)3)31-25(33)15-35-26-21(28)12-19(13-22(26)29)11-20(14-30)27(34)32-23-9-5-4-7-17(23)2/h4-13H,15H2,1-3H3,(H,31,33)(H,32,34)/b20-11-. The molecule has 3 aromatic carbocycles. The normalized spacial score (nSPS) is 10.9. The second kappa shape index (κ2) is 11.6. The van der Waals surface area contributed by atoms with Gasteiger partial charge in [0, 0.05) is 11.4 Å². The highest BCUT2D eigenvalue weighted by Gasteiger charge is 2.15. The van der Waals surface area contributed by atoms with E-state index in [1.54, 1.807) is 12.1 Å². The smallest absolute Gasteiger partial charge is 0.266 e. The van der Waals surface area contributed by atoms with E-state index in [2.05, 4.69) is 10.6 Å². The van der Waals surface area contributed by atoms with Crippen LogP contribution in [0.4, 0.5) is 11.4 Å². The maximum Gasteiger partial charge on any atom is 0.266 e.